The molecule has 0 atom stereocenters. The fourth-order valence-corrected chi connectivity index (χ4v) is 4.12. The Labute approximate surface area is 161 Å². The number of carbonyl (C=O) groups excluding carboxylic acids is 1. The fourth-order valence-electron chi connectivity index (χ4n) is 4.12. The van der Waals surface area contributed by atoms with Crippen LogP contribution in [0.1, 0.15) is 56.6 Å². The number of carbonyl (C=O) groups is 1. The van der Waals surface area contributed by atoms with Gasteiger partial charge in [-0.1, -0.05) is 42.0 Å². The second-order valence-electron chi connectivity index (χ2n) is 7.61. The van der Waals surface area contributed by atoms with Crippen molar-refractivity contribution in [1.82, 2.24) is 14.9 Å². The summed E-state index contributed by atoms with van der Waals surface area (Å²) in [4.78, 5) is 23.9. The molecule has 1 aliphatic heterocycles. The average Bonchev–Trinajstić information content (AvgIpc) is 2.75. The highest BCUT2D eigenvalue weighted by atomic mass is 16.2. The molecule has 2 aromatic rings. The Morgan fingerprint density at radius 3 is 2.63 bits per heavy atom. The Hall–Kier alpha value is -2.49. The SMILES string of the molecule is O=C(CC1=CCCCC1)N1CCC(c2ccnc(-c3ccccc3)n2)CC1. The van der Waals surface area contributed by atoms with Gasteiger partial charge in [0.05, 0.1) is 0 Å². The second-order valence-corrected chi connectivity index (χ2v) is 7.61. The zero-order valence-corrected chi connectivity index (χ0v) is 15.8. The van der Waals surface area contributed by atoms with E-state index in [1.807, 2.05) is 47.5 Å². The summed E-state index contributed by atoms with van der Waals surface area (Å²) < 4.78 is 0. The quantitative estimate of drug-likeness (QED) is 0.739. The van der Waals surface area contributed by atoms with Crippen LogP contribution >= 0.6 is 0 Å². The predicted molar refractivity (Wildman–Crippen MR) is 107 cm³/mol. The van der Waals surface area contributed by atoms with Crippen LogP contribution in [0.4, 0.5) is 0 Å². The number of amides is 1. The molecule has 140 valence electrons. The zero-order chi connectivity index (χ0) is 18.5. The van der Waals surface area contributed by atoms with Gasteiger partial charge in [-0.05, 0) is 44.6 Å². The van der Waals surface area contributed by atoms with Crippen molar-refractivity contribution in [2.45, 2.75) is 50.9 Å². The average molecular weight is 361 g/mol. The number of likely N-dealkylation sites (tertiary alicyclic amines) is 1. The Kier molecular flexibility index (Phi) is 5.61. The maximum atomic E-state index is 12.6. The van der Waals surface area contributed by atoms with Crippen molar-refractivity contribution in [3.8, 4) is 11.4 Å². The number of hydrogen-bond donors (Lipinski definition) is 0. The van der Waals surface area contributed by atoms with Gasteiger partial charge in [0, 0.05) is 42.9 Å². The molecule has 2 aliphatic rings. The van der Waals surface area contributed by atoms with E-state index in [9.17, 15) is 4.79 Å². The van der Waals surface area contributed by atoms with Crippen molar-refractivity contribution in [3.63, 3.8) is 0 Å². The molecule has 4 nitrogen and oxygen atoms in total. The molecule has 1 aliphatic carbocycles. The molecule has 0 N–H and O–H groups in total. The zero-order valence-electron chi connectivity index (χ0n) is 15.8. The van der Waals surface area contributed by atoms with Gasteiger partial charge in [-0.2, -0.15) is 0 Å². The van der Waals surface area contributed by atoms with E-state index in [-0.39, 0.29) is 0 Å². The Morgan fingerprint density at radius 1 is 1.07 bits per heavy atom. The summed E-state index contributed by atoms with van der Waals surface area (Å²) in [5.74, 6) is 1.50. The number of hydrogen-bond acceptors (Lipinski definition) is 3. The Balaban J connectivity index is 1.36. The molecule has 4 rings (SSSR count). The number of aromatic nitrogens is 2. The Bertz CT molecular complexity index is 807. The standard InChI is InChI=1S/C23H27N3O/c27-22(17-18-7-3-1-4-8-18)26-15-12-19(13-16-26)21-11-14-24-23(25-21)20-9-5-2-6-10-20/h2,5-7,9-11,14,19H,1,3-4,8,12-13,15-17H2. The minimum absolute atomic E-state index is 0.300. The summed E-state index contributed by atoms with van der Waals surface area (Å²) in [5, 5.41) is 0. The first kappa shape index (κ1) is 17.9. The Morgan fingerprint density at radius 2 is 1.89 bits per heavy atom. The minimum atomic E-state index is 0.300. The van der Waals surface area contributed by atoms with E-state index in [0.29, 0.717) is 18.2 Å². The summed E-state index contributed by atoms with van der Waals surface area (Å²) in [6, 6.07) is 12.1. The van der Waals surface area contributed by atoms with Crippen LogP contribution in [0.5, 0.6) is 0 Å². The molecule has 0 unspecified atom stereocenters. The molecule has 1 amide bonds. The van der Waals surface area contributed by atoms with E-state index in [1.165, 1.54) is 18.4 Å². The van der Waals surface area contributed by atoms with Crippen molar-refractivity contribution in [1.29, 1.82) is 0 Å². The van der Waals surface area contributed by atoms with Gasteiger partial charge >= 0.3 is 0 Å². The van der Waals surface area contributed by atoms with E-state index in [0.717, 1.165) is 55.9 Å². The van der Waals surface area contributed by atoms with Crippen molar-refractivity contribution < 1.29 is 4.79 Å². The molecule has 2 heterocycles. The third kappa shape index (κ3) is 4.44. The summed E-state index contributed by atoms with van der Waals surface area (Å²) in [6.07, 6.45) is 11.5. The third-order valence-corrected chi connectivity index (χ3v) is 5.74. The van der Waals surface area contributed by atoms with Crippen molar-refractivity contribution in [3.05, 3.63) is 59.9 Å². The second kappa shape index (κ2) is 8.47. The lowest BCUT2D eigenvalue weighted by molar-refractivity contribution is -0.131. The van der Waals surface area contributed by atoms with Gasteiger partial charge in [-0.25, -0.2) is 9.97 Å². The highest BCUT2D eigenvalue weighted by Gasteiger charge is 2.25. The van der Waals surface area contributed by atoms with Crippen LogP contribution < -0.4 is 0 Å². The van der Waals surface area contributed by atoms with Gasteiger partial charge in [0.15, 0.2) is 5.82 Å². The van der Waals surface area contributed by atoms with Crippen molar-refractivity contribution >= 4 is 5.91 Å². The summed E-state index contributed by atoms with van der Waals surface area (Å²) in [6.45, 7) is 1.67. The monoisotopic (exact) mass is 361 g/mol. The molecule has 0 spiro atoms. The molecule has 1 aromatic heterocycles. The van der Waals surface area contributed by atoms with Crippen LogP contribution in [-0.4, -0.2) is 33.9 Å². The lowest BCUT2D eigenvalue weighted by Gasteiger charge is -2.32. The minimum Gasteiger partial charge on any atom is -0.342 e. The van der Waals surface area contributed by atoms with E-state index in [1.54, 1.807) is 0 Å². The number of rotatable bonds is 4. The van der Waals surface area contributed by atoms with E-state index in [2.05, 4.69) is 11.1 Å². The molecule has 1 saturated heterocycles. The van der Waals surface area contributed by atoms with Crippen LogP contribution in [0.25, 0.3) is 11.4 Å². The lowest BCUT2D eigenvalue weighted by Crippen LogP contribution is -2.38. The van der Waals surface area contributed by atoms with E-state index < -0.39 is 0 Å². The molecule has 1 fully saturated rings. The molecular weight excluding hydrogens is 334 g/mol. The molecule has 1 aromatic carbocycles. The molecule has 0 saturated carbocycles. The molecule has 0 radical (unpaired) electrons. The maximum Gasteiger partial charge on any atom is 0.226 e. The number of piperidine rings is 1. The number of benzene rings is 1. The van der Waals surface area contributed by atoms with Crippen LogP contribution in [-0.2, 0) is 4.79 Å². The molecule has 4 heteroatoms. The van der Waals surface area contributed by atoms with Crippen LogP contribution in [0.2, 0.25) is 0 Å². The largest absolute Gasteiger partial charge is 0.342 e. The fraction of sp³-hybridized carbons (Fsp3) is 0.435. The van der Waals surface area contributed by atoms with Crippen LogP contribution in [0.3, 0.4) is 0 Å². The van der Waals surface area contributed by atoms with Crippen LogP contribution in [0.15, 0.2) is 54.2 Å². The molecule has 27 heavy (non-hydrogen) atoms. The van der Waals surface area contributed by atoms with E-state index in [4.69, 9.17) is 4.98 Å². The first-order valence-electron chi connectivity index (χ1n) is 10.1. The summed E-state index contributed by atoms with van der Waals surface area (Å²) in [7, 11) is 0. The molecular formula is C23H27N3O. The number of nitrogens with zero attached hydrogens (tertiary/aromatic N) is 3. The normalized spacial score (nSPS) is 18.2. The smallest absolute Gasteiger partial charge is 0.226 e. The van der Waals surface area contributed by atoms with Gasteiger partial charge in [0.25, 0.3) is 0 Å². The maximum absolute atomic E-state index is 12.6. The van der Waals surface area contributed by atoms with Gasteiger partial charge in [0.1, 0.15) is 0 Å². The number of allylic oxidation sites excluding steroid dienone is 1. The first-order valence-corrected chi connectivity index (χ1v) is 10.1. The summed E-state index contributed by atoms with van der Waals surface area (Å²) in [5.41, 5.74) is 3.50. The van der Waals surface area contributed by atoms with Crippen molar-refractivity contribution in [2.24, 2.45) is 0 Å². The summed E-state index contributed by atoms with van der Waals surface area (Å²) >= 11 is 0. The first-order chi connectivity index (χ1) is 13.3. The van der Waals surface area contributed by atoms with E-state index >= 15 is 0 Å². The predicted octanol–water partition coefficient (Wildman–Crippen LogP) is 4.74. The van der Waals surface area contributed by atoms with Gasteiger partial charge < -0.3 is 4.90 Å². The van der Waals surface area contributed by atoms with Gasteiger partial charge in [-0.3, -0.25) is 4.79 Å². The van der Waals surface area contributed by atoms with Gasteiger partial charge in [-0.15, -0.1) is 0 Å². The van der Waals surface area contributed by atoms with Crippen LogP contribution in [0, 0.1) is 0 Å². The molecule has 0 bridgehead atoms. The lowest BCUT2D eigenvalue weighted by atomic mass is 9.92. The van der Waals surface area contributed by atoms with Crippen molar-refractivity contribution in [2.75, 3.05) is 13.1 Å². The van der Waals surface area contributed by atoms with Gasteiger partial charge in [0.2, 0.25) is 5.91 Å². The topological polar surface area (TPSA) is 46.1 Å². The highest BCUT2D eigenvalue weighted by Crippen LogP contribution is 2.29. The third-order valence-electron chi connectivity index (χ3n) is 5.74. The highest BCUT2D eigenvalue weighted by molar-refractivity contribution is 5.78.